The van der Waals surface area contributed by atoms with Gasteiger partial charge in [0.1, 0.15) is 0 Å². The first kappa shape index (κ1) is 17.7. The van der Waals surface area contributed by atoms with Crippen LogP contribution in [0, 0.1) is 0 Å². The molecule has 1 fully saturated rings. The molecule has 4 nitrogen and oxygen atoms in total. The summed E-state index contributed by atoms with van der Waals surface area (Å²) in [5.41, 5.74) is 2.26. The van der Waals surface area contributed by atoms with Gasteiger partial charge in [0.05, 0.1) is 0 Å². The number of carbonyl (C=O) groups excluding carboxylic acids is 1. The molecule has 0 bridgehead atoms. The van der Waals surface area contributed by atoms with Crippen LogP contribution in [-0.2, 0) is 4.79 Å². The van der Waals surface area contributed by atoms with Crippen molar-refractivity contribution in [2.45, 2.75) is 19.8 Å². The number of piperazine rings is 1. The first-order chi connectivity index (χ1) is 10.1. The Balaban J connectivity index is 2.19. The van der Waals surface area contributed by atoms with Gasteiger partial charge in [0, 0.05) is 45.7 Å². The van der Waals surface area contributed by atoms with Gasteiger partial charge in [-0.15, -0.1) is 0 Å². The summed E-state index contributed by atoms with van der Waals surface area (Å²) in [6, 6.07) is 0. The molecule has 118 valence electrons. The Kier molecular flexibility index (Phi) is 8.01. The maximum atomic E-state index is 11.8. The third-order valence-corrected chi connectivity index (χ3v) is 4.03. The lowest BCUT2D eigenvalue weighted by molar-refractivity contribution is -0.121. The minimum absolute atomic E-state index is 0.133. The molecule has 1 saturated heterocycles. The summed E-state index contributed by atoms with van der Waals surface area (Å²) in [5, 5.41) is 2.98. The Morgan fingerprint density at radius 3 is 2.38 bits per heavy atom. The number of nitrogens with one attached hydrogen (secondary N) is 1. The lowest BCUT2D eigenvalue weighted by Gasteiger charge is -2.32. The number of likely N-dealkylation sites (N-methyl/N-ethyl adjacent to an activating group) is 1. The minimum Gasteiger partial charge on any atom is -0.356 e. The predicted octanol–water partition coefficient (Wildman–Crippen LogP) is 1.82. The van der Waals surface area contributed by atoms with E-state index in [1.165, 1.54) is 0 Å². The van der Waals surface area contributed by atoms with E-state index in [1.807, 2.05) is 19.1 Å². The Labute approximate surface area is 129 Å². The van der Waals surface area contributed by atoms with E-state index in [0.717, 1.165) is 50.3 Å². The van der Waals surface area contributed by atoms with E-state index in [0.29, 0.717) is 13.0 Å². The maximum Gasteiger partial charge on any atom is 0.221 e. The van der Waals surface area contributed by atoms with Gasteiger partial charge in [-0.1, -0.05) is 25.3 Å². The molecule has 0 unspecified atom stereocenters. The molecule has 1 amide bonds. The van der Waals surface area contributed by atoms with E-state index >= 15 is 0 Å². The van der Waals surface area contributed by atoms with Crippen molar-refractivity contribution < 1.29 is 4.79 Å². The second-order valence-electron chi connectivity index (χ2n) is 5.61. The standard InChI is InChI=1S/C17H29N3O/c1-5-15(3)16(6-2)7-9-18-17(21)8-10-20-13-11-19(4)12-14-20/h5-6H,1-2,7-14H2,3-4H3,(H,18,21)/b16-15+. The average Bonchev–Trinajstić information content (AvgIpc) is 2.50. The van der Waals surface area contributed by atoms with Crippen molar-refractivity contribution in [3.05, 3.63) is 36.5 Å². The number of allylic oxidation sites excluding steroid dienone is 3. The molecule has 21 heavy (non-hydrogen) atoms. The zero-order chi connectivity index (χ0) is 15.7. The summed E-state index contributed by atoms with van der Waals surface area (Å²) in [4.78, 5) is 16.5. The fourth-order valence-electron chi connectivity index (χ4n) is 2.35. The lowest BCUT2D eigenvalue weighted by Crippen LogP contribution is -2.45. The van der Waals surface area contributed by atoms with Crippen LogP contribution in [0.3, 0.4) is 0 Å². The van der Waals surface area contributed by atoms with Crippen molar-refractivity contribution in [2.75, 3.05) is 46.3 Å². The molecule has 0 aromatic heterocycles. The van der Waals surface area contributed by atoms with E-state index in [9.17, 15) is 4.79 Å². The van der Waals surface area contributed by atoms with Crippen LogP contribution < -0.4 is 5.32 Å². The van der Waals surface area contributed by atoms with Gasteiger partial charge in [-0.05, 0) is 31.5 Å². The van der Waals surface area contributed by atoms with Gasteiger partial charge in [0.15, 0.2) is 0 Å². The summed E-state index contributed by atoms with van der Waals surface area (Å²) in [7, 11) is 2.14. The lowest BCUT2D eigenvalue weighted by atomic mass is 10.1. The summed E-state index contributed by atoms with van der Waals surface area (Å²) in [5.74, 6) is 0.133. The summed E-state index contributed by atoms with van der Waals surface area (Å²) >= 11 is 0. The van der Waals surface area contributed by atoms with E-state index in [1.54, 1.807) is 0 Å². The smallest absolute Gasteiger partial charge is 0.221 e. The van der Waals surface area contributed by atoms with E-state index < -0.39 is 0 Å². The van der Waals surface area contributed by atoms with Crippen molar-refractivity contribution in [1.82, 2.24) is 15.1 Å². The molecule has 4 heteroatoms. The van der Waals surface area contributed by atoms with Crippen LogP contribution in [0.2, 0.25) is 0 Å². The molecule has 1 N–H and O–H groups in total. The van der Waals surface area contributed by atoms with Gasteiger partial charge < -0.3 is 15.1 Å². The summed E-state index contributed by atoms with van der Waals surface area (Å²) < 4.78 is 0. The van der Waals surface area contributed by atoms with Crippen LogP contribution in [0.1, 0.15) is 19.8 Å². The SMILES string of the molecule is C=C/C(C)=C(\C=C)CCNC(=O)CCN1CCN(C)CC1. The van der Waals surface area contributed by atoms with Crippen LogP contribution in [0.5, 0.6) is 0 Å². The summed E-state index contributed by atoms with van der Waals surface area (Å²) in [6.07, 6.45) is 5.05. The van der Waals surface area contributed by atoms with Crippen molar-refractivity contribution in [2.24, 2.45) is 0 Å². The van der Waals surface area contributed by atoms with Gasteiger partial charge in [0.25, 0.3) is 0 Å². The largest absolute Gasteiger partial charge is 0.356 e. The number of nitrogens with zero attached hydrogens (tertiary/aromatic N) is 2. The quantitative estimate of drug-likeness (QED) is 0.693. The molecule has 1 heterocycles. The van der Waals surface area contributed by atoms with Gasteiger partial charge in [-0.25, -0.2) is 0 Å². The van der Waals surface area contributed by atoms with Crippen LogP contribution in [0.4, 0.5) is 0 Å². The minimum atomic E-state index is 0.133. The zero-order valence-corrected chi connectivity index (χ0v) is 13.5. The number of hydrogen-bond donors (Lipinski definition) is 1. The van der Waals surface area contributed by atoms with Crippen molar-refractivity contribution in [3.63, 3.8) is 0 Å². The molecule has 0 spiro atoms. The molecule has 1 aliphatic rings. The van der Waals surface area contributed by atoms with E-state index in [2.05, 4.69) is 35.3 Å². The molecular weight excluding hydrogens is 262 g/mol. The Morgan fingerprint density at radius 1 is 1.14 bits per heavy atom. The van der Waals surface area contributed by atoms with Crippen LogP contribution in [-0.4, -0.2) is 62.0 Å². The highest BCUT2D eigenvalue weighted by Crippen LogP contribution is 2.09. The fourth-order valence-corrected chi connectivity index (χ4v) is 2.35. The number of amides is 1. The first-order valence-electron chi connectivity index (χ1n) is 7.69. The number of rotatable bonds is 8. The normalized spacial score (nSPS) is 18.0. The van der Waals surface area contributed by atoms with E-state index in [4.69, 9.17) is 0 Å². The van der Waals surface area contributed by atoms with Gasteiger partial charge >= 0.3 is 0 Å². The number of hydrogen-bond acceptors (Lipinski definition) is 3. The summed E-state index contributed by atoms with van der Waals surface area (Å²) in [6.45, 7) is 15.4. The van der Waals surface area contributed by atoms with Crippen LogP contribution in [0.25, 0.3) is 0 Å². The van der Waals surface area contributed by atoms with Crippen LogP contribution >= 0.6 is 0 Å². The topological polar surface area (TPSA) is 35.6 Å². The Morgan fingerprint density at radius 2 is 1.81 bits per heavy atom. The molecule has 0 aromatic carbocycles. The van der Waals surface area contributed by atoms with Crippen molar-refractivity contribution >= 4 is 5.91 Å². The van der Waals surface area contributed by atoms with Crippen molar-refractivity contribution in [1.29, 1.82) is 0 Å². The molecule has 0 atom stereocenters. The maximum absolute atomic E-state index is 11.8. The molecule has 0 radical (unpaired) electrons. The predicted molar refractivity (Wildman–Crippen MR) is 89.3 cm³/mol. The molecule has 1 aliphatic heterocycles. The van der Waals surface area contributed by atoms with Gasteiger partial charge in [0.2, 0.25) is 5.91 Å². The van der Waals surface area contributed by atoms with Gasteiger partial charge in [-0.3, -0.25) is 4.79 Å². The van der Waals surface area contributed by atoms with Crippen molar-refractivity contribution in [3.8, 4) is 0 Å². The molecule has 0 aliphatic carbocycles. The monoisotopic (exact) mass is 291 g/mol. The highest BCUT2D eigenvalue weighted by atomic mass is 16.1. The third-order valence-electron chi connectivity index (χ3n) is 4.03. The fraction of sp³-hybridized carbons (Fsp3) is 0.588. The Hall–Kier alpha value is -1.39. The van der Waals surface area contributed by atoms with E-state index in [-0.39, 0.29) is 5.91 Å². The first-order valence-corrected chi connectivity index (χ1v) is 7.69. The average molecular weight is 291 g/mol. The highest BCUT2D eigenvalue weighted by molar-refractivity contribution is 5.76. The zero-order valence-electron chi connectivity index (χ0n) is 13.5. The molecule has 1 rings (SSSR count). The molecular formula is C17H29N3O. The highest BCUT2D eigenvalue weighted by Gasteiger charge is 2.14. The second-order valence-corrected chi connectivity index (χ2v) is 5.61. The third kappa shape index (κ3) is 6.74. The number of carbonyl (C=O) groups is 1. The van der Waals surface area contributed by atoms with Crippen LogP contribution in [0.15, 0.2) is 36.5 Å². The Bertz CT molecular complexity index is 393. The molecule has 0 aromatic rings. The van der Waals surface area contributed by atoms with Gasteiger partial charge in [-0.2, -0.15) is 0 Å². The molecule has 0 saturated carbocycles. The second kappa shape index (κ2) is 9.53.